The van der Waals surface area contributed by atoms with Gasteiger partial charge in [0, 0.05) is 10.7 Å². The predicted octanol–water partition coefficient (Wildman–Crippen LogP) is 2.35. The Kier molecular flexibility index (Phi) is 6.17. The number of benzene rings is 1. The fourth-order valence-corrected chi connectivity index (χ4v) is 1.68. The van der Waals surface area contributed by atoms with Crippen molar-refractivity contribution in [2.45, 2.75) is 0 Å². The van der Waals surface area contributed by atoms with Crippen LogP contribution in [0.3, 0.4) is 0 Å². The van der Waals surface area contributed by atoms with E-state index in [1.54, 1.807) is 0 Å². The second-order valence-electron chi connectivity index (χ2n) is 3.60. The maximum atomic E-state index is 13.2. The second kappa shape index (κ2) is 7.23. The molecule has 0 fully saturated rings. The topological polar surface area (TPSA) is 52.6 Å². The van der Waals surface area contributed by atoms with Crippen LogP contribution in [-0.2, 0) is 13.8 Å². The van der Waals surface area contributed by atoms with Gasteiger partial charge in [-0.3, -0.25) is 0 Å². The van der Waals surface area contributed by atoms with Crippen molar-refractivity contribution in [1.29, 1.82) is 0 Å². The van der Waals surface area contributed by atoms with E-state index in [2.05, 4.69) is 4.74 Å². The summed E-state index contributed by atoms with van der Waals surface area (Å²) in [5.74, 6) is -12.7. The van der Waals surface area contributed by atoms with Gasteiger partial charge >= 0.3 is 0 Å². The van der Waals surface area contributed by atoms with E-state index >= 15 is 0 Å². The average Bonchev–Trinajstić information content (AvgIpc) is 2.40. The summed E-state index contributed by atoms with van der Waals surface area (Å²) in [5, 5.41) is 0. The van der Waals surface area contributed by atoms with Gasteiger partial charge in [-0.25, -0.2) is 21.6 Å². The number of rotatable bonds is 7. The smallest absolute Gasteiger partial charge is 0.234 e. The van der Waals surface area contributed by atoms with Crippen LogP contribution in [0, 0.1) is 29.1 Å². The maximum Gasteiger partial charge on any atom is 0.234 e. The Hall–Kier alpha value is -1.13. The summed E-state index contributed by atoms with van der Waals surface area (Å²) < 4.78 is 94.8. The van der Waals surface area contributed by atoms with Crippen molar-refractivity contribution in [3.63, 3.8) is 0 Å². The summed E-state index contributed by atoms with van der Waals surface area (Å²) in [5.41, 5.74) is 0. The second-order valence-corrected chi connectivity index (χ2v) is 6.50. The van der Waals surface area contributed by atoms with E-state index in [0.717, 1.165) is 0 Å². The van der Waals surface area contributed by atoms with Gasteiger partial charge in [-0.05, 0) is 0 Å². The first kappa shape index (κ1) is 17.9. The van der Waals surface area contributed by atoms with Crippen LogP contribution in [0.4, 0.5) is 22.0 Å². The molecule has 120 valence electrons. The van der Waals surface area contributed by atoms with Crippen molar-refractivity contribution in [3.8, 4) is 5.75 Å². The van der Waals surface area contributed by atoms with E-state index in [9.17, 15) is 30.4 Å². The van der Waals surface area contributed by atoms with Gasteiger partial charge in [-0.1, -0.05) is 0 Å². The van der Waals surface area contributed by atoms with Gasteiger partial charge in [-0.15, -0.1) is 0 Å². The van der Waals surface area contributed by atoms with Crippen molar-refractivity contribution in [1.82, 2.24) is 0 Å². The molecule has 4 nitrogen and oxygen atoms in total. The van der Waals surface area contributed by atoms with Crippen LogP contribution < -0.4 is 4.74 Å². The Bertz CT molecular complexity index is 593. The fourth-order valence-electron chi connectivity index (χ4n) is 1.17. The van der Waals surface area contributed by atoms with Crippen LogP contribution >= 0.6 is 10.7 Å². The molecule has 0 N–H and O–H groups in total. The van der Waals surface area contributed by atoms with Crippen molar-refractivity contribution < 1.29 is 39.8 Å². The van der Waals surface area contributed by atoms with Crippen molar-refractivity contribution in [2.24, 2.45) is 0 Å². The molecule has 0 aromatic heterocycles. The van der Waals surface area contributed by atoms with Crippen molar-refractivity contribution >= 4 is 19.7 Å². The standard InChI is InChI=1S/C10H8ClF5O4S/c11-21(17,18)4-3-19-1-2-20-10-8(15)6(13)5(12)7(14)9(10)16/h1-4H2. The molecule has 0 saturated heterocycles. The molecule has 0 saturated carbocycles. The minimum Gasteiger partial charge on any atom is -0.485 e. The van der Waals surface area contributed by atoms with Gasteiger partial charge in [0.05, 0.1) is 19.0 Å². The molecule has 0 spiro atoms. The number of hydrogen-bond acceptors (Lipinski definition) is 4. The van der Waals surface area contributed by atoms with E-state index < -0.39 is 56.2 Å². The Morgan fingerprint density at radius 2 is 1.29 bits per heavy atom. The molecule has 0 radical (unpaired) electrons. The average molecular weight is 355 g/mol. The van der Waals surface area contributed by atoms with E-state index in [1.807, 2.05) is 0 Å². The fraction of sp³-hybridized carbons (Fsp3) is 0.400. The summed E-state index contributed by atoms with van der Waals surface area (Å²) in [6.45, 7) is -1.21. The highest BCUT2D eigenvalue weighted by Gasteiger charge is 2.26. The Morgan fingerprint density at radius 1 is 0.810 bits per heavy atom. The summed E-state index contributed by atoms with van der Waals surface area (Å²) in [6.07, 6.45) is 0. The van der Waals surface area contributed by atoms with Gasteiger partial charge in [0.2, 0.25) is 38.1 Å². The van der Waals surface area contributed by atoms with Gasteiger partial charge in [-0.2, -0.15) is 8.78 Å². The first-order valence-corrected chi connectivity index (χ1v) is 7.77. The third-order valence-electron chi connectivity index (χ3n) is 2.12. The normalized spacial score (nSPS) is 11.7. The molecular formula is C10H8ClF5O4S. The predicted molar refractivity (Wildman–Crippen MR) is 62.2 cm³/mol. The molecule has 11 heteroatoms. The maximum absolute atomic E-state index is 13.2. The molecule has 1 rings (SSSR count). The zero-order chi connectivity index (χ0) is 16.2. The van der Waals surface area contributed by atoms with Gasteiger partial charge in [0.25, 0.3) is 0 Å². The van der Waals surface area contributed by atoms with E-state index in [4.69, 9.17) is 15.4 Å². The van der Waals surface area contributed by atoms with E-state index in [-0.39, 0.29) is 13.2 Å². The zero-order valence-electron chi connectivity index (χ0n) is 10.1. The number of ether oxygens (including phenoxy) is 2. The quantitative estimate of drug-likeness (QED) is 0.248. The Morgan fingerprint density at radius 3 is 1.76 bits per heavy atom. The van der Waals surface area contributed by atoms with Crippen LogP contribution in [0.1, 0.15) is 0 Å². The van der Waals surface area contributed by atoms with E-state index in [1.165, 1.54) is 0 Å². The highest BCUT2D eigenvalue weighted by Crippen LogP contribution is 2.28. The first-order chi connectivity index (χ1) is 9.65. The molecule has 0 bridgehead atoms. The summed E-state index contributed by atoms with van der Waals surface area (Å²) in [7, 11) is 1.13. The van der Waals surface area contributed by atoms with Crippen LogP contribution in [0.15, 0.2) is 0 Å². The largest absolute Gasteiger partial charge is 0.485 e. The molecular weight excluding hydrogens is 347 g/mol. The Labute approximate surface area is 120 Å². The van der Waals surface area contributed by atoms with Crippen LogP contribution in [0.5, 0.6) is 5.75 Å². The molecule has 0 aliphatic carbocycles. The lowest BCUT2D eigenvalue weighted by Crippen LogP contribution is -2.14. The molecule has 1 aromatic carbocycles. The number of hydrogen-bond donors (Lipinski definition) is 0. The lowest BCUT2D eigenvalue weighted by atomic mass is 10.2. The number of halogens is 6. The lowest BCUT2D eigenvalue weighted by Gasteiger charge is -2.10. The molecule has 0 aliphatic heterocycles. The van der Waals surface area contributed by atoms with E-state index in [0.29, 0.717) is 0 Å². The summed E-state index contributed by atoms with van der Waals surface area (Å²) in [6, 6.07) is 0. The molecule has 0 aliphatic rings. The molecule has 21 heavy (non-hydrogen) atoms. The molecule has 0 atom stereocenters. The van der Waals surface area contributed by atoms with Crippen LogP contribution in [0.25, 0.3) is 0 Å². The summed E-state index contributed by atoms with van der Waals surface area (Å²) >= 11 is 0. The van der Waals surface area contributed by atoms with Crippen molar-refractivity contribution in [3.05, 3.63) is 29.1 Å². The van der Waals surface area contributed by atoms with Crippen LogP contribution in [-0.4, -0.2) is 34.0 Å². The Balaban J connectivity index is 2.57. The van der Waals surface area contributed by atoms with Gasteiger partial charge in [0.1, 0.15) is 6.61 Å². The highest BCUT2D eigenvalue weighted by molar-refractivity contribution is 8.13. The molecule has 0 heterocycles. The SMILES string of the molecule is O=S(=O)(Cl)CCOCCOc1c(F)c(F)c(F)c(F)c1F. The minimum atomic E-state index is -3.75. The monoisotopic (exact) mass is 354 g/mol. The van der Waals surface area contributed by atoms with Gasteiger partial charge < -0.3 is 9.47 Å². The summed E-state index contributed by atoms with van der Waals surface area (Å²) in [4.78, 5) is 0. The van der Waals surface area contributed by atoms with Gasteiger partial charge in [0.15, 0.2) is 5.75 Å². The minimum absolute atomic E-state index is 0.313. The highest BCUT2D eigenvalue weighted by atomic mass is 35.7. The third-order valence-corrected chi connectivity index (χ3v) is 3.23. The third kappa shape index (κ3) is 4.97. The first-order valence-electron chi connectivity index (χ1n) is 5.29. The molecule has 0 unspecified atom stereocenters. The lowest BCUT2D eigenvalue weighted by molar-refractivity contribution is 0.106. The van der Waals surface area contributed by atoms with Crippen molar-refractivity contribution in [2.75, 3.05) is 25.6 Å². The molecule has 1 aromatic rings. The molecule has 0 amide bonds. The zero-order valence-corrected chi connectivity index (χ0v) is 11.7. The van der Waals surface area contributed by atoms with Crippen LogP contribution in [0.2, 0.25) is 0 Å².